The lowest BCUT2D eigenvalue weighted by molar-refractivity contribution is 0.101. The Morgan fingerprint density at radius 2 is 1.41 bits per heavy atom. The van der Waals surface area contributed by atoms with Crippen molar-refractivity contribution in [3.8, 4) is 0 Å². The fourth-order valence-corrected chi connectivity index (χ4v) is 1.40. The molecule has 0 aliphatic carbocycles. The summed E-state index contributed by atoms with van der Waals surface area (Å²) in [5.74, 6) is 0.128. The molecule has 1 heteroatoms. The minimum Gasteiger partial charge on any atom is -0.295 e. The van der Waals surface area contributed by atoms with E-state index in [0.717, 1.165) is 11.1 Å². The second kappa shape index (κ2) is 6.64. The second-order valence-corrected chi connectivity index (χ2v) is 4.08. The molecule has 0 amide bonds. The Balaban J connectivity index is 0.000000181. The van der Waals surface area contributed by atoms with Crippen molar-refractivity contribution < 1.29 is 4.79 Å². The zero-order chi connectivity index (χ0) is 12.7. The summed E-state index contributed by atoms with van der Waals surface area (Å²) in [6.07, 6.45) is 0. The number of benzene rings is 2. The van der Waals surface area contributed by atoms with Crippen LogP contribution >= 0.6 is 0 Å². The van der Waals surface area contributed by atoms with Gasteiger partial charge in [0, 0.05) is 5.56 Å². The molecule has 0 heterocycles. The highest BCUT2D eigenvalue weighted by atomic mass is 16.1. The number of carbonyl (C=O) groups excluding carboxylic acids is 1. The molecular formula is C16H18O. The zero-order valence-electron chi connectivity index (χ0n) is 10.6. The molecule has 2 aromatic rings. The van der Waals surface area contributed by atoms with Crippen LogP contribution in [0, 0.1) is 13.8 Å². The molecule has 2 rings (SSSR count). The van der Waals surface area contributed by atoms with Crippen molar-refractivity contribution >= 4 is 5.78 Å². The van der Waals surface area contributed by atoms with E-state index in [1.807, 2.05) is 49.4 Å². The van der Waals surface area contributed by atoms with E-state index in [1.54, 1.807) is 6.92 Å². The van der Waals surface area contributed by atoms with Gasteiger partial charge in [-0.2, -0.15) is 0 Å². The van der Waals surface area contributed by atoms with Crippen molar-refractivity contribution in [1.82, 2.24) is 0 Å². The first-order chi connectivity index (χ1) is 8.09. The van der Waals surface area contributed by atoms with Crippen molar-refractivity contribution in [3.63, 3.8) is 0 Å². The molecule has 0 atom stereocenters. The van der Waals surface area contributed by atoms with Gasteiger partial charge in [0.05, 0.1) is 0 Å². The van der Waals surface area contributed by atoms with Gasteiger partial charge in [0.1, 0.15) is 0 Å². The Kier molecular flexibility index (Phi) is 5.15. The van der Waals surface area contributed by atoms with Gasteiger partial charge in [0.15, 0.2) is 5.78 Å². The van der Waals surface area contributed by atoms with E-state index in [9.17, 15) is 4.79 Å². The molecule has 0 unspecified atom stereocenters. The molecule has 88 valence electrons. The van der Waals surface area contributed by atoms with E-state index >= 15 is 0 Å². The second-order valence-electron chi connectivity index (χ2n) is 4.08. The number of carbonyl (C=O) groups is 1. The lowest BCUT2D eigenvalue weighted by atomic mass is 10.1. The number of hydrogen-bond acceptors (Lipinski definition) is 1. The van der Waals surface area contributed by atoms with E-state index in [2.05, 4.69) is 19.1 Å². The van der Waals surface area contributed by atoms with Crippen LogP contribution in [0.2, 0.25) is 0 Å². The number of ketones is 1. The third-order valence-corrected chi connectivity index (χ3v) is 2.37. The van der Waals surface area contributed by atoms with Gasteiger partial charge in [-0.1, -0.05) is 59.7 Å². The Morgan fingerprint density at radius 3 is 1.76 bits per heavy atom. The molecule has 2 aromatic carbocycles. The van der Waals surface area contributed by atoms with Crippen LogP contribution in [0.25, 0.3) is 0 Å². The number of aryl methyl sites for hydroxylation is 2. The molecule has 0 radical (unpaired) electrons. The van der Waals surface area contributed by atoms with Crippen LogP contribution in [0.3, 0.4) is 0 Å². The highest BCUT2D eigenvalue weighted by molar-refractivity contribution is 5.94. The van der Waals surface area contributed by atoms with Crippen LogP contribution in [-0.4, -0.2) is 5.78 Å². The zero-order valence-corrected chi connectivity index (χ0v) is 10.6. The van der Waals surface area contributed by atoms with E-state index in [4.69, 9.17) is 0 Å². The first-order valence-corrected chi connectivity index (χ1v) is 5.69. The average Bonchev–Trinajstić information content (AvgIpc) is 2.31. The van der Waals surface area contributed by atoms with Gasteiger partial charge in [-0.25, -0.2) is 0 Å². The van der Waals surface area contributed by atoms with E-state index in [1.165, 1.54) is 5.56 Å². The summed E-state index contributed by atoms with van der Waals surface area (Å²) in [7, 11) is 0. The molecule has 0 fully saturated rings. The summed E-state index contributed by atoms with van der Waals surface area (Å²) in [6.45, 7) is 5.64. The van der Waals surface area contributed by atoms with Gasteiger partial charge < -0.3 is 0 Å². The first kappa shape index (κ1) is 13.2. The number of rotatable bonds is 1. The average molecular weight is 226 g/mol. The largest absolute Gasteiger partial charge is 0.295 e. The molecule has 0 saturated carbocycles. The maximum atomic E-state index is 10.8. The monoisotopic (exact) mass is 226 g/mol. The van der Waals surface area contributed by atoms with Gasteiger partial charge in [0.25, 0.3) is 0 Å². The Labute approximate surface area is 103 Å². The van der Waals surface area contributed by atoms with Crippen LogP contribution in [0.5, 0.6) is 0 Å². The third kappa shape index (κ3) is 5.12. The summed E-state index contributed by atoms with van der Waals surface area (Å²) >= 11 is 0. The van der Waals surface area contributed by atoms with E-state index < -0.39 is 0 Å². The predicted molar refractivity (Wildman–Crippen MR) is 72.4 cm³/mol. The van der Waals surface area contributed by atoms with Gasteiger partial charge in [-0.15, -0.1) is 0 Å². The minimum absolute atomic E-state index is 0.128. The molecular weight excluding hydrogens is 208 g/mol. The fourth-order valence-electron chi connectivity index (χ4n) is 1.40. The SMILES string of the molecule is CC(=O)c1cccc(C)c1.Cc1ccccc1. The molecule has 0 aliphatic rings. The van der Waals surface area contributed by atoms with Crippen LogP contribution in [-0.2, 0) is 0 Å². The van der Waals surface area contributed by atoms with Gasteiger partial charge >= 0.3 is 0 Å². The van der Waals surface area contributed by atoms with Crippen molar-refractivity contribution in [1.29, 1.82) is 0 Å². The van der Waals surface area contributed by atoms with Crippen molar-refractivity contribution in [2.75, 3.05) is 0 Å². The molecule has 0 aromatic heterocycles. The summed E-state index contributed by atoms with van der Waals surface area (Å²) in [5.41, 5.74) is 3.25. The number of Topliss-reactive ketones (excluding diaryl/α,β-unsaturated/α-hetero) is 1. The summed E-state index contributed by atoms with van der Waals surface area (Å²) in [6, 6.07) is 17.9. The maximum Gasteiger partial charge on any atom is 0.159 e. The van der Waals surface area contributed by atoms with Gasteiger partial charge in [0.2, 0.25) is 0 Å². The van der Waals surface area contributed by atoms with Crippen LogP contribution in [0.15, 0.2) is 54.6 Å². The van der Waals surface area contributed by atoms with Crippen molar-refractivity contribution in [2.24, 2.45) is 0 Å². The van der Waals surface area contributed by atoms with Crippen molar-refractivity contribution in [2.45, 2.75) is 20.8 Å². The topological polar surface area (TPSA) is 17.1 Å². The summed E-state index contributed by atoms with van der Waals surface area (Å²) in [4.78, 5) is 10.8. The Hall–Kier alpha value is -1.89. The fraction of sp³-hybridized carbons (Fsp3) is 0.188. The molecule has 1 nitrogen and oxygen atoms in total. The smallest absolute Gasteiger partial charge is 0.159 e. The quantitative estimate of drug-likeness (QED) is 0.666. The molecule has 0 saturated heterocycles. The lowest BCUT2D eigenvalue weighted by Crippen LogP contribution is -1.90. The standard InChI is InChI=1S/C9H10O.C7H8/c1-7-4-3-5-9(6-7)8(2)10;1-7-5-3-2-4-6-7/h3-6H,1-2H3;2-6H,1H3. The van der Waals surface area contributed by atoms with E-state index in [-0.39, 0.29) is 5.78 Å². The van der Waals surface area contributed by atoms with Gasteiger partial charge in [-0.05, 0) is 26.8 Å². The maximum absolute atomic E-state index is 10.8. The lowest BCUT2D eigenvalue weighted by Gasteiger charge is -1.94. The predicted octanol–water partition coefficient (Wildman–Crippen LogP) is 4.19. The Morgan fingerprint density at radius 1 is 0.824 bits per heavy atom. The summed E-state index contributed by atoms with van der Waals surface area (Å²) in [5, 5.41) is 0. The van der Waals surface area contributed by atoms with Crippen LogP contribution in [0.1, 0.15) is 28.4 Å². The highest BCUT2D eigenvalue weighted by Gasteiger charge is 1.95. The summed E-state index contributed by atoms with van der Waals surface area (Å²) < 4.78 is 0. The Bertz CT molecular complexity index is 472. The third-order valence-electron chi connectivity index (χ3n) is 2.37. The van der Waals surface area contributed by atoms with E-state index in [0.29, 0.717) is 0 Å². The highest BCUT2D eigenvalue weighted by Crippen LogP contribution is 2.03. The molecule has 0 aliphatic heterocycles. The molecule has 17 heavy (non-hydrogen) atoms. The number of hydrogen-bond donors (Lipinski definition) is 0. The van der Waals surface area contributed by atoms with Crippen molar-refractivity contribution in [3.05, 3.63) is 71.3 Å². The van der Waals surface area contributed by atoms with Gasteiger partial charge in [-0.3, -0.25) is 4.79 Å². The molecule has 0 N–H and O–H groups in total. The molecule has 0 bridgehead atoms. The normalized spacial score (nSPS) is 9.12. The molecule has 0 spiro atoms. The first-order valence-electron chi connectivity index (χ1n) is 5.69. The minimum atomic E-state index is 0.128. The van der Waals surface area contributed by atoms with Crippen LogP contribution in [0.4, 0.5) is 0 Å². The van der Waals surface area contributed by atoms with Crippen LogP contribution < -0.4 is 0 Å².